The number of benzene rings is 1. The monoisotopic (exact) mass is 324 g/mol. The van der Waals surface area contributed by atoms with E-state index >= 15 is 0 Å². The first kappa shape index (κ1) is 15.5. The third-order valence-electron chi connectivity index (χ3n) is 3.19. The van der Waals surface area contributed by atoms with Crippen molar-refractivity contribution in [1.82, 2.24) is 4.98 Å². The lowest BCUT2D eigenvalue weighted by Crippen LogP contribution is -1.90. The Labute approximate surface area is 137 Å². The van der Waals surface area contributed by atoms with Gasteiger partial charge in [0, 0.05) is 12.0 Å². The molecule has 6 nitrogen and oxygen atoms in total. The van der Waals surface area contributed by atoms with Gasteiger partial charge < -0.3 is 8.83 Å². The lowest BCUT2D eigenvalue weighted by atomic mass is 10.2. The van der Waals surface area contributed by atoms with Crippen LogP contribution in [0.3, 0.4) is 0 Å². The highest BCUT2D eigenvalue weighted by atomic mass is 19.1. The van der Waals surface area contributed by atoms with Crippen LogP contribution in [0.1, 0.15) is 24.3 Å². The minimum absolute atomic E-state index is 0.149. The van der Waals surface area contributed by atoms with Crippen LogP contribution in [0, 0.1) is 17.1 Å². The number of hydrazone groups is 1. The predicted molar refractivity (Wildman–Crippen MR) is 85.9 cm³/mol. The number of oxazole rings is 1. The number of hydrogen-bond donors (Lipinski definition) is 1. The number of halogens is 1. The number of hydrogen-bond acceptors (Lipinski definition) is 6. The van der Waals surface area contributed by atoms with Gasteiger partial charge in [0.15, 0.2) is 5.89 Å². The zero-order chi connectivity index (χ0) is 16.9. The summed E-state index contributed by atoms with van der Waals surface area (Å²) in [5.74, 6) is 1.44. The van der Waals surface area contributed by atoms with E-state index in [-0.39, 0.29) is 17.4 Å². The number of aryl methyl sites for hydroxylation is 1. The second-order valence-electron chi connectivity index (χ2n) is 4.83. The molecule has 1 N–H and O–H groups in total. The summed E-state index contributed by atoms with van der Waals surface area (Å²) < 4.78 is 23.9. The van der Waals surface area contributed by atoms with Gasteiger partial charge in [-0.25, -0.2) is 14.8 Å². The molecule has 1 aromatic carbocycles. The highest BCUT2D eigenvalue weighted by molar-refractivity contribution is 5.78. The lowest BCUT2D eigenvalue weighted by Gasteiger charge is -1.96. The maximum absolute atomic E-state index is 12.9. The van der Waals surface area contributed by atoms with Crippen molar-refractivity contribution in [2.24, 2.45) is 5.10 Å². The van der Waals surface area contributed by atoms with Gasteiger partial charge in [-0.15, -0.1) is 0 Å². The van der Waals surface area contributed by atoms with Gasteiger partial charge in [0.1, 0.15) is 23.4 Å². The van der Waals surface area contributed by atoms with E-state index in [1.165, 1.54) is 18.3 Å². The summed E-state index contributed by atoms with van der Waals surface area (Å²) in [5.41, 5.74) is 3.54. The Morgan fingerprint density at radius 2 is 2.04 bits per heavy atom. The van der Waals surface area contributed by atoms with E-state index in [0.717, 1.165) is 5.56 Å². The average Bonchev–Trinajstić information content (AvgIpc) is 3.22. The largest absolute Gasteiger partial charge is 0.455 e. The Hall–Kier alpha value is -3.40. The topological polar surface area (TPSA) is 87.4 Å². The normalized spacial score (nSPS) is 10.9. The molecule has 7 heteroatoms. The first-order valence-electron chi connectivity index (χ1n) is 7.24. The summed E-state index contributed by atoms with van der Waals surface area (Å²) >= 11 is 0. The SMILES string of the molecule is CCc1nc(C#N)c(N/N=C\c2ccc(-c3ccc(F)cc3)o2)o1. The predicted octanol–water partition coefficient (Wildman–Crippen LogP) is 3.95. The summed E-state index contributed by atoms with van der Waals surface area (Å²) in [4.78, 5) is 4.01. The molecule has 0 unspecified atom stereocenters. The molecule has 0 bridgehead atoms. The van der Waals surface area contributed by atoms with Gasteiger partial charge in [0.25, 0.3) is 5.88 Å². The molecule has 0 atom stereocenters. The number of nitrogens with one attached hydrogen (secondary N) is 1. The third kappa shape index (κ3) is 3.33. The van der Waals surface area contributed by atoms with E-state index in [1.54, 1.807) is 24.3 Å². The summed E-state index contributed by atoms with van der Waals surface area (Å²) in [6.45, 7) is 1.87. The molecule has 0 aliphatic heterocycles. The van der Waals surface area contributed by atoms with Crippen LogP contribution in [0.4, 0.5) is 10.3 Å². The first-order valence-corrected chi connectivity index (χ1v) is 7.24. The van der Waals surface area contributed by atoms with Gasteiger partial charge in [-0.2, -0.15) is 10.4 Å². The number of anilines is 1. The lowest BCUT2D eigenvalue weighted by molar-refractivity contribution is 0.513. The smallest absolute Gasteiger partial charge is 0.252 e. The molecule has 0 saturated heterocycles. The molecule has 0 spiro atoms. The summed E-state index contributed by atoms with van der Waals surface area (Å²) in [7, 11) is 0. The van der Waals surface area contributed by atoms with Crippen LogP contribution in [-0.2, 0) is 6.42 Å². The van der Waals surface area contributed by atoms with Crippen LogP contribution in [0.15, 0.2) is 50.3 Å². The molecule has 0 aliphatic carbocycles. The fraction of sp³-hybridized carbons (Fsp3) is 0.118. The Kier molecular flexibility index (Phi) is 4.38. The molecule has 0 amide bonds. The molecule has 2 aromatic heterocycles. The Balaban J connectivity index is 1.71. The van der Waals surface area contributed by atoms with Crippen molar-refractivity contribution in [3.05, 3.63) is 59.6 Å². The summed E-state index contributed by atoms with van der Waals surface area (Å²) in [6, 6.07) is 11.4. The number of aromatic nitrogens is 1. The molecule has 0 fully saturated rings. The minimum Gasteiger partial charge on any atom is -0.455 e. The Morgan fingerprint density at radius 1 is 1.25 bits per heavy atom. The van der Waals surface area contributed by atoms with Gasteiger partial charge >= 0.3 is 0 Å². The summed E-state index contributed by atoms with van der Waals surface area (Å²) in [5, 5.41) is 13.0. The van der Waals surface area contributed by atoms with Crippen LogP contribution < -0.4 is 5.43 Å². The number of rotatable bonds is 5. The second kappa shape index (κ2) is 6.79. The van der Waals surface area contributed by atoms with Crippen molar-refractivity contribution in [1.29, 1.82) is 5.26 Å². The number of nitriles is 1. The van der Waals surface area contributed by atoms with E-state index in [1.807, 2.05) is 13.0 Å². The second-order valence-corrected chi connectivity index (χ2v) is 4.83. The van der Waals surface area contributed by atoms with E-state index in [4.69, 9.17) is 14.1 Å². The molecule has 3 rings (SSSR count). The van der Waals surface area contributed by atoms with Crippen LogP contribution in [0.2, 0.25) is 0 Å². The fourth-order valence-corrected chi connectivity index (χ4v) is 2.01. The Morgan fingerprint density at radius 3 is 2.75 bits per heavy atom. The highest BCUT2D eigenvalue weighted by Gasteiger charge is 2.10. The van der Waals surface area contributed by atoms with Crippen molar-refractivity contribution in [2.75, 3.05) is 5.43 Å². The van der Waals surface area contributed by atoms with Gasteiger partial charge in [-0.1, -0.05) is 6.92 Å². The first-order chi connectivity index (χ1) is 11.7. The molecule has 3 aromatic rings. The highest BCUT2D eigenvalue weighted by Crippen LogP contribution is 2.22. The van der Waals surface area contributed by atoms with Crippen molar-refractivity contribution in [2.45, 2.75) is 13.3 Å². The van der Waals surface area contributed by atoms with Crippen LogP contribution in [0.5, 0.6) is 0 Å². The van der Waals surface area contributed by atoms with Crippen molar-refractivity contribution < 1.29 is 13.2 Å². The third-order valence-corrected chi connectivity index (χ3v) is 3.19. The average molecular weight is 324 g/mol. The molecular formula is C17H13FN4O2. The van der Waals surface area contributed by atoms with Gasteiger partial charge in [-0.3, -0.25) is 0 Å². The number of furan rings is 1. The zero-order valence-electron chi connectivity index (χ0n) is 12.8. The van der Waals surface area contributed by atoms with E-state index in [9.17, 15) is 4.39 Å². The summed E-state index contributed by atoms with van der Waals surface area (Å²) in [6.07, 6.45) is 2.03. The molecule has 24 heavy (non-hydrogen) atoms. The molecule has 2 heterocycles. The maximum atomic E-state index is 12.9. The molecule has 0 radical (unpaired) electrons. The number of nitrogens with zero attached hydrogens (tertiary/aromatic N) is 3. The fourth-order valence-electron chi connectivity index (χ4n) is 2.01. The van der Waals surface area contributed by atoms with Crippen molar-refractivity contribution in [3.8, 4) is 17.4 Å². The molecule has 0 saturated carbocycles. The molecular weight excluding hydrogens is 311 g/mol. The zero-order valence-corrected chi connectivity index (χ0v) is 12.8. The quantitative estimate of drug-likeness (QED) is 0.567. The van der Waals surface area contributed by atoms with Crippen molar-refractivity contribution >= 4 is 12.1 Å². The minimum atomic E-state index is -0.303. The van der Waals surface area contributed by atoms with Crippen LogP contribution >= 0.6 is 0 Å². The van der Waals surface area contributed by atoms with E-state index < -0.39 is 0 Å². The molecule has 120 valence electrons. The van der Waals surface area contributed by atoms with E-state index in [0.29, 0.717) is 23.8 Å². The van der Waals surface area contributed by atoms with Crippen LogP contribution in [0.25, 0.3) is 11.3 Å². The molecule has 0 aliphatic rings. The van der Waals surface area contributed by atoms with Gasteiger partial charge in [-0.05, 0) is 36.4 Å². The standard InChI is InChI=1S/C17H13FN4O2/c1-2-16-21-14(9-19)17(24-16)22-20-10-13-7-8-15(23-13)11-3-5-12(18)6-4-11/h3-8,10,22H,2H2,1H3/b20-10-. The van der Waals surface area contributed by atoms with Gasteiger partial charge in [0.05, 0.1) is 6.21 Å². The van der Waals surface area contributed by atoms with Gasteiger partial charge in [0.2, 0.25) is 5.69 Å². The maximum Gasteiger partial charge on any atom is 0.252 e. The van der Waals surface area contributed by atoms with Crippen LogP contribution in [-0.4, -0.2) is 11.2 Å². The Bertz CT molecular complexity index is 904. The van der Waals surface area contributed by atoms with E-state index in [2.05, 4.69) is 15.5 Å². The van der Waals surface area contributed by atoms with Crippen molar-refractivity contribution in [3.63, 3.8) is 0 Å².